The Kier molecular flexibility index (Phi) is 3.87. The molecule has 0 amide bonds. The van der Waals surface area contributed by atoms with Crippen LogP contribution in [0.5, 0.6) is 0 Å². The molecule has 0 heterocycles. The average Bonchev–Trinajstić information content (AvgIpc) is 2.05. The van der Waals surface area contributed by atoms with Gasteiger partial charge in [0.25, 0.3) is 0 Å². The predicted octanol–water partition coefficient (Wildman–Crippen LogP) is 2.85. The van der Waals surface area contributed by atoms with Gasteiger partial charge in [0, 0.05) is 3.57 Å². The molecular weight excluding hydrogens is 370 g/mol. The van der Waals surface area contributed by atoms with E-state index in [1.54, 1.807) is 12.1 Å². The first-order chi connectivity index (χ1) is 6.02. The minimum absolute atomic E-state index is 0.0508. The zero-order valence-corrected chi connectivity index (χ0v) is 10.8. The van der Waals surface area contributed by atoms with E-state index >= 15 is 0 Å². The molecule has 2 nitrogen and oxygen atoms in total. The highest BCUT2D eigenvalue weighted by Gasteiger charge is 2.10. The highest BCUT2D eigenvalue weighted by atomic mass is 127. The highest BCUT2D eigenvalue weighted by Crippen LogP contribution is 2.27. The quantitative estimate of drug-likeness (QED) is 0.451. The summed E-state index contributed by atoms with van der Waals surface area (Å²) in [4.78, 5) is 0. The van der Waals surface area contributed by atoms with Crippen molar-refractivity contribution in [2.45, 2.75) is 0 Å². The molecule has 0 bridgehead atoms. The average molecular weight is 375 g/mol. The van der Waals surface area contributed by atoms with Gasteiger partial charge in [-0.3, -0.25) is 0 Å². The van der Waals surface area contributed by atoms with Crippen molar-refractivity contribution in [2.24, 2.45) is 5.73 Å². The summed E-state index contributed by atoms with van der Waals surface area (Å²) < 4.78 is 14.5. The zero-order chi connectivity index (χ0) is 10.0. The third-order valence-corrected chi connectivity index (χ3v) is 2.91. The maximum atomic E-state index is 13.4. The van der Waals surface area contributed by atoms with E-state index in [1.165, 1.54) is 0 Å². The summed E-state index contributed by atoms with van der Waals surface area (Å²) in [5, 5.41) is 2.63. The Hall–Kier alpha value is 0.0500. The summed E-state index contributed by atoms with van der Waals surface area (Å²) in [6.45, 7) is 0. The zero-order valence-electron chi connectivity index (χ0n) is 6.27. The molecule has 3 N–H and O–H groups in total. The van der Waals surface area contributed by atoms with E-state index in [4.69, 9.17) is 5.73 Å². The van der Waals surface area contributed by atoms with Crippen molar-refractivity contribution >= 4 is 61.5 Å². The molecule has 6 heteroatoms. The third-order valence-electron chi connectivity index (χ3n) is 1.29. The highest BCUT2D eigenvalue weighted by molar-refractivity contribution is 14.1. The molecule has 1 aromatic rings. The number of thiocarbonyl (C=S) groups is 1. The molecule has 0 radical (unpaired) electrons. The van der Waals surface area contributed by atoms with Crippen molar-refractivity contribution in [3.63, 3.8) is 0 Å². The monoisotopic (exact) mass is 374 g/mol. The van der Waals surface area contributed by atoms with Crippen LogP contribution in [0.25, 0.3) is 0 Å². The summed E-state index contributed by atoms with van der Waals surface area (Å²) in [6, 6.07) is 3.39. The Balaban J connectivity index is 3.17. The smallest absolute Gasteiger partial charge is 0.168 e. The number of nitrogens with one attached hydrogen (secondary N) is 1. The van der Waals surface area contributed by atoms with Gasteiger partial charge in [-0.25, -0.2) is 4.39 Å². The summed E-state index contributed by atoms with van der Waals surface area (Å²) in [5.74, 6) is -0.389. The van der Waals surface area contributed by atoms with Crippen LogP contribution in [-0.2, 0) is 0 Å². The Morgan fingerprint density at radius 3 is 2.77 bits per heavy atom. The van der Waals surface area contributed by atoms with E-state index in [2.05, 4.69) is 33.5 Å². The van der Waals surface area contributed by atoms with Gasteiger partial charge in [-0.1, -0.05) is 0 Å². The van der Waals surface area contributed by atoms with Gasteiger partial charge in [0.05, 0.1) is 10.2 Å². The SMILES string of the molecule is NC(=S)Nc1c(I)ccc(Br)c1F. The van der Waals surface area contributed by atoms with Crippen molar-refractivity contribution in [2.75, 3.05) is 5.32 Å². The molecular formula is C7H5BrFIN2S. The Morgan fingerprint density at radius 2 is 2.23 bits per heavy atom. The van der Waals surface area contributed by atoms with Gasteiger partial charge in [-0.15, -0.1) is 0 Å². The lowest BCUT2D eigenvalue weighted by Gasteiger charge is -2.08. The van der Waals surface area contributed by atoms with Gasteiger partial charge >= 0.3 is 0 Å². The number of rotatable bonds is 1. The van der Waals surface area contributed by atoms with Crippen molar-refractivity contribution in [3.05, 3.63) is 26.0 Å². The van der Waals surface area contributed by atoms with Crippen LogP contribution < -0.4 is 11.1 Å². The van der Waals surface area contributed by atoms with Gasteiger partial charge in [-0.05, 0) is 62.9 Å². The van der Waals surface area contributed by atoms with E-state index < -0.39 is 0 Å². The standard InChI is InChI=1S/C7H5BrFIN2S/c8-3-1-2-4(10)6(5(3)9)12-7(11)13/h1-2H,(H3,11,12,13). The molecule has 0 saturated heterocycles. The van der Waals surface area contributed by atoms with E-state index in [0.29, 0.717) is 10.2 Å². The first kappa shape index (κ1) is 11.1. The maximum Gasteiger partial charge on any atom is 0.168 e. The topological polar surface area (TPSA) is 38.0 Å². The van der Waals surface area contributed by atoms with Crippen molar-refractivity contribution < 1.29 is 4.39 Å². The minimum Gasteiger partial charge on any atom is -0.376 e. The number of halogens is 3. The van der Waals surface area contributed by atoms with Crippen LogP contribution in [0.15, 0.2) is 16.6 Å². The fraction of sp³-hybridized carbons (Fsp3) is 0. The van der Waals surface area contributed by atoms with Gasteiger partial charge in [0.1, 0.15) is 0 Å². The van der Waals surface area contributed by atoms with E-state index in [9.17, 15) is 4.39 Å². The summed E-state index contributed by atoms with van der Waals surface area (Å²) in [7, 11) is 0. The van der Waals surface area contributed by atoms with Crippen molar-refractivity contribution in [1.29, 1.82) is 0 Å². The van der Waals surface area contributed by atoms with Crippen molar-refractivity contribution in [1.82, 2.24) is 0 Å². The molecule has 0 fully saturated rings. The van der Waals surface area contributed by atoms with Crippen LogP contribution >= 0.6 is 50.7 Å². The fourth-order valence-corrected chi connectivity index (χ4v) is 1.75. The van der Waals surface area contributed by atoms with E-state index in [-0.39, 0.29) is 10.9 Å². The number of benzene rings is 1. The van der Waals surface area contributed by atoms with E-state index in [0.717, 1.165) is 3.57 Å². The lowest BCUT2D eigenvalue weighted by molar-refractivity contribution is 0.625. The fourth-order valence-electron chi connectivity index (χ4n) is 0.765. The van der Waals surface area contributed by atoms with Crippen LogP contribution in [0.2, 0.25) is 0 Å². The lowest BCUT2D eigenvalue weighted by Crippen LogP contribution is -2.20. The minimum atomic E-state index is -0.389. The molecule has 70 valence electrons. The number of anilines is 1. The van der Waals surface area contributed by atoms with Crippen LogP contribution in [-0.4, -0.2) is 5.11 Å². The molecule has 0 aliphatic heterocycles. The second kappa shape index (κ2) is 4.52. The normalized spacial score (nSPS) is 9.77. The lowest BCUT2D eigenvalue weighted by atomic mass is 10.3. The summed E-state index contributed by atoms with van der Waals surface area (Å²) in [5.41, 5.74) is 5.56. The maximum absolute atomic E-state index is 13.4. The Morgan fingerprint density at radius 1 is 1.62 bits per heavy atom. The molecule has 0 atom stereocenters. The summed E-state index contributed by atoms with van der Waals surface area (Å²) in [6.07, 6.45) is 0. The van der Waals surface area contributed by atoms with Crippen LogP contribution in [0, 0.1) is 9.39 Å². The second-order valence-electron chi connectivity index (χ2n) is 2.21. The molecule has 0 spiro atoms. The molecule has 1 aromatic carbocycles. The largest absolute Gasteiger partial charge is 0.376 e. The molecule has 0 unspecified atom stereocenters. The molecule has 13 heavy (non-hydrogen) atoms. The van der Waals surface area contributed by atoms with Gasteiger partial charge in [-0.2, -0.15) is 0 Å². The molecule has 0 aromatic heterocycles. The van der Waals surface area contributed by atoms with Gasteiger partial charge in [0.2, 0.25) is 0 Å². The first-order valence-electron chi connectivity index (χ1n) is 3.22. The Bertz CT molecular complexity index is 359. The first-order valence-corrected chi connectivity index (χ1v) is 5.50. The number of hydrogen-bond acceptors (Lipinski definition) is 1. The summed E-state index contributed by atoms with van der Waals surface area (Å²) >= 11 is 9.69. The predicted molar refractivity (Wildman–Crippen MR) is 67.2 cm³/mol. The van der Waals surface area contributed by atoms with Crippen LogP contribution in [0.4, 0.5) is 10.1 Å². The second-order valence-corrected chi connectivity index (χ2v) is 4.66. The third kappa shape index (κ3) is 2.75. The number of hydrogen-bond donors (Lipinski definition) is 2. The van der Waals surface area contributed by atoms with Crippen LogP contribution in [0.1, 0.15) is 0 Å². The van der Waals surface area contributed by atoms with Crippen LogP contribution in [0.3, 0.4) is 0 Å². The molecule has 0 saturated carbocycles. The number of nitrogens with two attached hydrogens (primary N) is 1. The molecule has 0 aliphatic rings. The van der Waals surface area contributed by atoms with E-state index in [1.807, 2.05) is 22.6 Å². The molecule has 0 aliphatic carbocycles. The Labute approximate surface area is 102 Å². The van der Waals surface area contributed by atoms with Crippen molar-refractivity contribution in [3.8, 4) is 0 Å². The molecule has 1 rings (SSSR count). The van der Waals surface area contributed by atoms with Gasteiger partial charge < -0.3 is 11.1 Å². The van der Waals surface area contributed by atoms with Gasteiger partial charge in [0.15, 0.2) is 10.9 Å².